The van der Waals surface area contributed by atoms with Gasteiger partial charge in [0.15, 0.2) is 0 Å². The molecule has 2 nitrogen and oxygen atoms in total. The van der Waals surface area contributed by atoms with Gasteiger partial charge in [0.2, 0.25) is 0 Å². The number of anilines is 2. The van der Waals surface area contributed by atoms with Crippen LogP contribution in [0.4, 0.5) is 11.4 Å². The molecule has 18 aromatic carbocycles. The van der Waals surface area contributed by atoms with Gasteiger partial charge >= 0.3 is 39.0 Å². The summed E-state index contributed by atoms with van der Waals surface area (Å²) in [7, 11) is 0. The number of fused-ring (bicyclic) bond motifs is 28. The van der Waals surface area contributed by atoms with E-state index in [9.17, 15) is 0 Å². The minimum absolute atomic E-state index is 0. The van der Waals surface area contributed by atoms with Gasteiger partial charge in [-0.3, -0.25) is 0 Å². The van der Waals surface area contributed by atoms with Crippen LogP contribution in [0.2, 0.25) is 0 Å². The van der Waals surface area contributed by atoms with Crippen LogP contribution in [-0.2, 0) is 52.0 Å². The van der Waals surface area contributed by atoms with E-state index in [0.29, 0.717) is 0 Å². The first-order valence-corrected chi connectivity index (χ1v) is 30.0. The minimum atomic E-state index is 0. The second-order valence-electron chi connectivity index (χ2n) is 22.4. The van der Waals surface area contributed by atoms with E-state index < -0.39 is 0 Å². The first kappa shape index (κ1) is 58.6. The van der Waals surface area contributed by atoms with Crippen molar-refractivity contribution in [1.29, 1.82) is 0 Å². The Labute approximate surface area is 555 Å². The molecule has 2 heterocycles. The monoisotopic (exact) mass is 1330 g/mol. The number of hydrogen-bond acceptors (Lipinski definition) is 2. The van der Waals surface area contributed by atoms with Crippen LogP contribution in [0, 0.1) is 72.8 Å². The van der Waals surface area contributed by atoms with E-state index in [1.54, 1.807) is 0 Å². The van der Waals surface area contributed by atoms with Crippen molar-refractivity contribution in [3.8, 4) is 0 Å². The molecule has 0 atom stereocenters. The molecule has 0 N–H and O–H groups in total. The van der Waals surface area contributed by atoms with Gasteiger partial charge in [-0.25, -0.2) is 64.6 Å². The number of nitrogens with zero attached hydrogens (tertiary/aromatic N) is 2. The smallest absolute Gasteiger partial charge is 0.359 e. The van der Waals surface area contributed by atoms with Gasteiger partial charge in [0.25, 0.3) is 0 Å². The SMILES string of the molecule is [Ru+6].[Ru+6].[c-]1cccc2c3c(c4ccc[c-]c4c12)N1Cc2c(c4ccc[c-]c4c4[c-]cccc24)N(C3)C1.[c-]1cccc2ccc3ccc[c-]c3c12.[c-]1cccc2ccc3ccc[c-]c3c12.[c-]1cccc2ccc3ccc[c-]c3c12.[c-]1cccc2ccc3ccc[c-]c3c12. The molecule has 0 aliphatic carbocycles. The Kier molecular flexibility index (Phi) is 16.6. The van der Waals surface area contributed by atoms with Crippen LogP contribution in [0.25, 0.3) is 129 Å². The molecule has 2 aliphatic heterocycles. The van der Waals surface area contributed by atoms with E-state index >= 15 is 0 Å². The normalized spacial score (nSPS) is 12.0. The van der Waals surface area contributed by atoms with Gasteiger partial charge in [0.05, 0.1) is 6.67 Å². The molecular weight excluding hydrogens is 1280 g/mol. The second kappa shape index (κ2) is 25.8. The van der Waals surface area contributed by atoms with Crippen LogP contribution in [0.3, 0.4) is 0 Å². The number of hydrogen-bond donors (Lipinski definition) is 0. The fourth-order valence-electron chi connectivity index (χ4n) is 13.2. The van der Waals surface area contributed by atoms with Crippen LogP contribution >= 0.6 is 0 Å². The van der Waals surface area contributed by atoms with Crippen molar-refractivity contribution in [2.45, 2.75) is 13.1 Å². The molecule has 0 saturated carbocycles. The number of benzene rings is 18. The summed E-state index contributed by atoms with van der Waals surface area (Å²) in [5.41, 5.74) is 5.48. The maximum atomic E-state index is 3.51. The zero-order valence-corrected chi connectivity index (χ0v) is 52.6. The second-order valence-corrected chi connectivity index (χ2v) is 22.4. The number of rotatable bonds is 0. The largest absolute Gasteiger partial charge is 6.00 e. The molecule has 424 valence electrons. The summed E-state index contributed by atoms with van der Waals surface area (Å²) in [6, 6.07) is 131. The summed E-state index contributed by atoms with van der Waals surface area (Å²) in [6.07, 6.45) is 0. The first-order chi connectivity index (χ1) is 44.2. The predicted molar refractivity (Wildman–Crippen MR) is 372 cm³/mol. The van der Waals surface area contributed by atoms with Gasteiger partial charge in [-0.15, -0.1) is 216 Å². The summed E-state index contributed by atoms with van der Waals surface area (Å²) in [5, 5.41) is 28.8. The molecule has 91 heavy (non-hydrogen) atoms. The average molecular weight is 1330 g/mol. The van der Waals surface area contributed by atoms with Gasteiger partial charge in [-0.05, 0) is 11.4 Å². The Morgan fingerprint density at radius 1 is 0.198 bits per heavy atom. The molecule has 20 rings (SSSR count). The summed E-state index contributed by atoms with van der Waals surface area (Å²) in [5.74, 6) is 0. The Morgan fingerprint density at radius 3 is 0.593 bits per heavy atom. The van der Waals surface area contributed by atoms with Gasteiger partial charge in [-0.2, -0.15) is 189 Å². The van der Waals surface area contributed by atoms with Crippen molar-refractivity contribution in [2.24, 2.45) is 0 Å². The molecule has 4 heteroatoms. The molecular formula is C87H50N2Ru2. The summed E-state index contributed by atoms with van der Waals surface area (Å²) < 4.78 is 0. The molecule has 0 saturated heterocycles. The van der Waals surface area contributed by atoms with Crippen molar-refractivity contribution in [3.05, 3.63) is 351 Å². The van der Waals surface area contributed by atoms with Gasteiger partial charge in [0, 0.05) is 13.1 Å². The molecule has 0 spiro atoms. The summed E-state index contributed by atoms with van der Waals surface area (Å²) in [4.78, 5) is 5.10. The average Bonchev–Trinajstić information content (AvgIpc) is 0.729. The van der Waals surface area contributed by atoms with Crippen LogP contribution in [0.1, 0.15) is 11.1 Å². The molecule has 0 radical (unpaired) electrons. The molecule has 0 fully saturated rings. The Morgan fingerprint density at radius 2 is 0.374 bits per heavy atom. The van der Waals surface area contributed by atoms with E-state index in [0.717, 1.165) is 73.6 Å². The Bertz CT molecular complexity index is 4930. The minimum Gasteiger partial charge on any atom is -0.359 e. The van der Waals surface area contributed by atoms with Crippen LogP contribution in [-0.4, -0.2) is 6.67 Å². The molecule has 0 aromatic heterocycles. The van der Waals surface area contributed by atoms with E-state index in [1.807, 2.05) is 121 Å². The van der Waals surface area contributed by atoms with Crippen molar-refractivity contribution in [2.75, 3.05) is 16.5 Å². The maximum Gasteiger partial charge on any atom is 6.00 e. The summed E-state index contributed by atoms with van der Waals surface area (Å²) in [6.45, 7) is 2.65. The topological polar surface area (TPSA) is 6.48 Å². The fraction of sp³-hybridized carbons (Fsp3) is 0.0345. The van der Waals surface area contributed by atoms with E-state index in [2.05, 4.69) is 228 Å². The zero-order valence-electron chi connectivity index (χ0n) is 49.1. The first-order valence-electron chi connectivity index (χ1n) is 30.0. The summed E-state index contributed by atoms with van der Waals surface area (Å²) >= 11 is 0. The Balaban J connectivity index is 0.000000105. The van der Waals surface area contributed by atoms with Crippen molar-refractivity contribution < 1.29 is 39.0 Å². The molecule has 2 aliphatic rings. The molecule has 0 amide bonds. The van der Waals surface area contributed by atoms with Crippen molar-refractivity contribution >= 4 is 141 Å². The van der Waals surface area contributed by atoms with Gasteiger partial charge < -0.3 is 9.80 Å². The van der Waals surface area contributed by atoms with Crippen LogP contribution in [0.15, 0.2) is 267 Å². The van der Waals surface area contributed by atoms with Gasteiger partial charge in [0.1, 0.15) is 0 Å². The standard InChI is InChI=1S/C31H18N2.4C14H8.2Ru/c1-3-13-24-20(9-1)22-11-5-7-15-26(22)30-28(24)17-32-19-33(30)18-29-25-14-4-2-10-21(25)23-12-6-8-16-27(23)31(29)32;4*1-3-7-13-11(5-1)9-10-12-6-2-4-8-14(12)13;;/h1-8,13-16H,17-19H2;4*1-6,9-10H;;/q-4;4*-2;2*+6. The third kappa shape index (κ3) is 11.0. The van der Waals surface area contributed by atoms with Crippen molar-refractivity contribution in [1.82, 2.24) is 0 Å². The van der Waals surface area contributed by atoms with E-state index in [4.69, 9.17) is 0 Å². The molecule has 18 aromatic rings. The van der Waals surface area contributed by atoms with E-state index in [-0.39, 0.29) is 39.0 Å². The maximum absolute atomic E-state index is 3.51. The third-order valence-electron chi connectivity index (χ3n) is 17.2. The van der Waals surface area contributed by atoms with Gasteiger partial charge in [-0.1, -0.05) is 11.1 Å². The van der Waals surface area contributed by atoms with Crippen molar-refractivity contribution in [3.63, 3.8) is 0 Å². The third-order valence-corrected chi connectivity index (χ3v) is 17.2. The van der Waals surface area contributed by atoms with E-state index in [1.165, 1.54) is 97.9 Å². The Hall–Kier alpha value is -10.1. The predicted octanol–water partition coefficient (Wildman–Crippen LogP) is 21.2. The molecule has 2 bridgehead atoms. The zero-order chi connectivity index (χ0) is 59.0. The quantitative estimate of drug-likeness (QED) is 0.0848. The van der Waals surface area contributed by atoms with Crippen LogP contribution < -0.4 is 9.80 Å². The molecule has 0 unspecified atom stereocenters. The van der Waals surface area contributed by atoms with Crippen LogP contribution in [0.5, 0.6) is 0 Å². The fourth-order valence-corrected chi connectivity index (χ4v) is 13.2.